The van der Waals surface area contributed by atoms with Gasteiger partial charge in [0.1, 0.15) is 5.82 Å². The summed E-state index contributed by atoms with van der Waals surface area (Å²) < 4.78 is 13.7. The fourth-order valence-electron chi connectivity index (χ4n) is 2.78. The minimum absolute atomic E-state index is 0.0309. The van der Waals surface area contributed by atoms with E-state index in [4.69, 9.17) is 5.73 Å². The Bertz CT molecular complexity index is 487. The van der Waals surface area contributed by atoms with Crippen LogP contribution in [0.2, 0.25) is 0 Å². The largest absolute Gasteiger partial charge is 0.369 e. The van der Waals surface area contributed by atoms with E-state index < -0.39 is 0 Å². The molecule has 1 aromatic rings. The molecule has 0 spiro atoms. The number of nitrogens with one attached hydrogen (secondary N) is 1. The molecule has 2 rings (SSSR count). The summed E-state index contributed by atoms with van der Waals surface area (Å²) in [6.07, 6.45) is 3.63. The fraction of sp³-hybridized carbons (Fsp3) is 0.533. The van der Waals surface area contributed by atoms with E-state index in [-0.39, 0.29) is 23.7 Å². The lowest BCUT2D eigenvalue weighted by molar-refractivity contribution is -0.122. The van der Waals surface area contributed by atoms with Gasteiger partial charge in [0.15, 0.2) is 0 Å². The Morgan fingerprint density at radius 1 is 1.40 bits per heavy atom. The molecule has 0 bridgehead atoms. The molecule has 1 atom stereocenters. The smallest absolute Gasteiger partial charge is 0.220 e. The van der Waals surface area contributed by atoms with Crippen LogP contribution in [0.1, 0.15) is 44.2 Å². The second kappa shape index (κ2) is 6.68. The van der Waals surface area contributed by atoms with E-state index in [1.165, 1.54) is 6.07 Å². The number of rotatable bonds is 4. The van der Waals surface area contributed by atoms with Crippen LogP contribution in [0.4, 0.5) is 4.39 Å². The Hall–Kier alpha value is -0.940. The molecule has 1 aromatic carbocycles. The van der Waals surface area contributed by atoms with Crippen molar-refractivity contribution in [3.8, 4) is 0 Å². The van der Waals surface area contributed by atoms with Gasteiger partial charge in [-0.05, 0) is 66.2 Å². The van der Waals surface area contributed by atoms with Gasteiger partial charge in [0.2, 0.25) is 5.91 Å². The lowest BCUT2D eigenvalue weighted by Crippen LogP contribution is -2.37. The highest BCUT2D eigenvalue weighted by Gasteiger charge is 2.25. The molecule has 1 unspecified atom stereocenters. The van der Waals surface area contributed by atoms with Crippen molar-refractivity contribution in [2.75, 3.05) is 0 Å². The fourth-order valence-corrected chi connectivity index (χ4v) is 3.17. The number of halogens is 2. The molecular formula is C15H20BrFN2O. The molecule has 0 heterocycles. The molecule has 0 saturated heterocycles. The second-order valence-electron chi connectivity index (χ2n) is 5.51. The molecule has 1 aliphatic carbocycles. The lowest BCUT2D eigenvalue weighted by atomic mass is 9.85. The number of benzene rings is 1. The van der Waals surface area contributed by atoms with Gasteiger partial charge in [0.05, 0.1) is 4.47 Å². The van der Waals surface area contributed by atoms with Gasteiger partial charge in [0.25, 0.3) is 0 Å². The van der Waals surface area contributed by atoms with Gasteiger partial charge < -0.3 is 11.1 Å². The van der Waals surface area contributed by atoms with Crippen molar-refractivity contribution in [2.45, 2.75) is 44.7 Å². The van der Waals surface area contributed by atoms with E-state index in [9.17, 15) is 9.18 Å². The molecule has 1 saturated carbocycles. The first kappa shape index (κ1) is 15.4. The highest BCUT2D eigenvalue weighted by atomic mass is 79.9. The molecule has 1 amide bonds. The Labute approximate surface area is 127 Å². The van der Waals surface area contributed by atoms with Gasteiger partial charge in [-0.25, -0.2) is 4.39 Å². The lowest BCUT2D eigenvalue weighted by Gasteiger charge is -2.30. The van der Waals surface area contributed by atoms with E-state index in [1.54, 1.807) is 6.07 Å². The van der Waals surface area contributed by atoms with Crippen LogP contribution >= 0.6 is 15.9 Å². The number of carbonyl (C=O) groups excluding carboxylic acids is 1. The molecule has 0 radical (unpaired) electrons. The van der Waals surface area contributed by atoms with Crippen LogP contribution < -0.4 is 11.1 Å². The molecular weight excluding hydrogens is 323 g/mol. The summed E-state index contributed by atoms with van der Waals surface area (Å²) in [7, 11) is 0. The van der Waals surface area contributed by atoms with Crippen LogP contribution in [0.3, 0.4) is 0 Å². The molecule has 110 valence electrons. The molecule has 3 N–H and O–H groups in total. The van der Waals surface area contributed by atoms with Gasteiger partial charge in [-0.3, -0.25) is 4.79 Å². The normalized spacial score (nSPS) is 24.4. The maximum Gasteiger partial charge on any atom is 0.220 e. The third-order valence-corrected chi connectivity index (χ3v) is 4.67. The van der Waals surface area contributed by atoms with Crippen LogP contribution in [0.5, 0.6) is 0 Å². The first-order chi connectivity index (χ1) is 9.47. The molecule has 1 aliphatic rings. The van der Waals surface area contributed by atoms with E-state index in [0.29, 0.717) is 10.5 Å². The minimum Gasteiger partial charge on any atom is -0.369 e. The molecule has 1 fully saturated rings. The predicted molar refractivity (Wildman–Crippen MR) is 80.6 cm³/mol. The highest BCUT2D eigenvalue weighted by molar-refractivity contribution is 9.10. The quantitative estimate of drug-likeness (QED) is 0.882. The van der Waals surface area contributed by atoms with Crippen molar-refractivity contribution in [2.24, 2.45) is 11.7 Å². The summed E-state index contributed by atoms with van der Waals surface area (Å²) in [5, 5.41) is 3.55. The van der Waals surface area contributed by atoms with E-state index in [1.807, 2.05) is 6.07 Å². The van der Waals surface area contributed by atoms with Crippen LogP contribution in [-0.2, 0) is 4.79 Å². The molecule has 0 aliphatic heterocycles. The first-order valence-electron chi connectivity index (χ1n) is 6.97. The van der Waals surface area contributed by atoms with Crippen LogP contribution in [0.15, 0.2) is 22.7 Å². The van der Waals surface area contributed by atoms with Crippen LogP contribution in [0, 0.1) is 11.7 Å². The minimum atomic E-state index is -0.247. The number of primary amides is 1. The van der Waals surface area contributed by atoms with Crippen LogP contribution in [0.25, 0.3) is 0 Å². The summed E-state index contributed by atoms with van der Waals surface area (Å²) in [5.41, 5.74) is 6.39. The summed E-state index contributed by atoms with van der Waals surface area (Å²) >= 11 is 3.21. The van der Waals surface area contributed by atoms with Crippen molar-refractivity contribution in [3.05, 3.63) is 34.1 Å². The van der Waals surface area contributed by atoms with Crippen molar-refractivity contribution < 1.29 is 9.18 Å². The SMILES string of the molecule is CC(NC1CCC(C(N)=O)CC1)c1ccc(F)c(Br)c1. The average Bonchev–Trinajstić information content (AvgIpc) is 2.42. The maximum absolute atomic E-state index is 13.2. The summed E-state index contributed by atoms with van der Waals surface area (Å²) in [6, 6.07) is 5.63. The summed E-state index contributed by atoms with van der Waals surface area (Å²) in [4.78, 5) is 11.1. The molecule has 3 nitrogen and oxygen atoms in total. The monoisotopic (exact) mass is 342 g/mol. The van der Waals surface area contributed by atoms with Gasteiger partial charge in [0, 0.05) is 18.0 Å². The van der Waals surface area contributed by atoms with Crippen molar-refractivity contribution in [1.29, 1.82) is 0 Å². The molecule has 20 heavy (non-hydrogen) atoms. The topological polar surface area (TPSA) is 55.1 Å². The molecule has 5 heteroatoms. The maximum atomic E-state index is 13.2. The molecule has 0 aromatic heterocycles. The van der Waals surface area contributed by atoms with Crippen molar-refractivity contribution >= 4 is 21.8 Å². The van der Waals surface area contributed by atoms with E-state index in [0.717, 1.165) is 31.2 Å². The number of hydrogen-bond donors (Lipinski definition) is 2. The Kier molecular flexibility index (Phi) is 5.16. The number of hydrogen-bond acceptors (Lipinski definition) is 2. The van der Waals surface area contributed by atoms with Gasteiger partial charge in [-0.15, -0.1) is 0 Å². The zero-order valence-electron chi connectivity index (χ0n) is 11.5. The van der Waals surface area contributed by atoms with Crippen LogP contribution in [-0.4, -0.2) is 11.9 Å². The van der Waals surface area contributed by atoms with Gasteiger partial charge >= 0.3 is 0 Å². The predicted octanol–water partition coefficient (Wildman–Crippen LogP) is 3.28. The van der Waals surface area contributed by atoms with Crippen molar-refractivity contribution in [1.82, 2.24) is 5.32 Å². The zero-order chi connectivity index (χ0) is 14.7. The Morgan fingerprint density at radius 3 is 2.60 bits per heavy atom. The van der Waals surface area contributed by atoms with Crippen molar-refractivity contribution in [3.63, 3.8) is 0 Å². The van der Waals surface area contributed by atoms with Gasteiger partial charge in [-0.2, -0.15) is 0 Å². The Morgan fingerprint density at radius 2 is 2.05 bits per heavy atom. The number of carbonyl (C=O) groups is 1. The van der Waals surface area contributed by atoms with E-state index in [2.05, 4.69) is 28.2 Å². The Balaban J connectivity index is 1.90. The summed E-state index contributed by atoms with van der Waals surface area (Å²) in [6.45, 7) is 2.07. The second-order valence-corrected chi connectivity index (χ2v) is 6.37. The first-order valence-corrected chi connectivity index (χ1v) is 7.77. The third-order valence-electron chi connectivity index (χ3n) is 4.06. The highest BCUT2D eigenvalue weighted by Crippen LogP contribution is 2.27. The average molecular weight is 343 g/mol. The number of amides is 1. The third kappa shape index (κ3) is 3.79. The zero-order valence-corrected chi connectivity index (χ0v) is 13.1. The number of nitrogens with two attached hydrogens (primary N) is 1. The van der Waals surface area contributed by atoms with Gasteiger partial charge in [-0.1, -0.05) is 6.07 Å². The summed E-state index contributed by atoms with van der Waals surface area (Å²) in [5.74, 6) is -0.398. The standard InChI is InChI=1S/C15H20BrFN2O/c1-9(11-4-7-14(17)13(16)8-11)19-12-5-2-10(3-6-12)15(18)20/h4,7-10,12,19H,2-3,5-6H2,1H3,(H2,18,20). The van der Waals surface area contributed by atoms with E-state index >= 15 is 0 Å².